The van der Waals surface area contributed by atoms with Gasteiger partial charge in [-0.05, 0) is 30.2 Å². The van der Waals surface area contributed by atoms with Gasteiger partial charge in [-0.1, -0.05) is 44.2 Å². The lowest BCUT2D eigenvalue weighted by atomic mass is 10.0. The Morgan fingerprint density at radius 2 is 1.67 bits per heavy atom. The molecule has 2 aromatic carbocycles. The fourth-order valence-corrected chi connectivity index (χ4v) is 1.79. The molecule has 1 amide bonds. The van der Waals surface area contributed by atoms with Gasteiger partial charge in [0.25, 0.3) is 0 Å². The molecule has 0 saturated carbocycles. The Morgan fingerprint density at radius 1 is 1.05 bits per heavy atom. The van der Waals surface area contributed by atoms with Crippen LogP contribution in [0.1, 0.15) is 13.8 Å². The molecule has 4 nitrogen and oxygen atoms in total. The number of hydrogen-bond acceptors (Lipinski definition) is 3. The zero-order valence-electron chi connectivity index (χ0n) is 12.2. The normalized spacial score (nSPS) is 12.0. The molecule has 0 aliphatic heterocycles. The van der Waals surface area contributed by atoms with E-state index in [0.717, 1.165) is 0 Å². The van der Waals surface area contributed by atoms with E-state index in [9.17, 15) is 4.79 Å². The van der Waals surface area contributed by atoms with Crippen molar-refractivity contribution in [2.45, 2.75) is 19.9 Å². The summed E-state index contributed by atoms with van der Waals surface area (Å²) in [6.45, 7) is 3.83. The molecule has 0 spiro atoms. The summed E-state index contributed by atoms with van der Waals surface area (Å²) in [5.41, 5.74) is 6.47. The Labute approximate surface area is 124 Å². The first-order chi connectivity index (χ1) is 10.1. The molecule has 0 radical (unpaired) electrons. The number of carbonyl (C=O) groups is 1. The van der Waals surface area contributed by atoms with Crippen LogP contribution in [0.25, 0.3) is 0 Å². The van der Waals surface area contributed by atoms with Crippen molar-refractivity contribution >= 4 is 11.6 Å². The van der Waals surface area contributed by atoms with Gasteiger partial charge in [-0.3, -0.25) is 4.79 Å². The SMILES string of the molecule is CC(C)[C@H](N)C(=O)Nc1ccccc1Oc1ccccc1. The van der Waals surface area contributed by atoms with E-state index in [4.69, 9.17) is 10.5 Å². The second-order valence-corrected chi connectivity index (χ2v) is 5.17. The van der Waals surface area contributed by atoms with Gasteiger partial charge in [-0.15, -0.1) is 0 Å². The fraction of sp³-hybridized carbons (Fsp3) is 0.235. The first-order valence-corrected chi connectivity index (χ1v) is 6.96. The third kappa shape index (κ3) is 4.07. The molecule has 0 heterocycles. The highest BCUT2D eigenvalue weighted by atomic mass is 16.5. The Morgan fingerprint density at radius 3 is 2.33 bits per heavy atom. The van der Waals surface area contributed by atoms with E-state index < -0.39 is 6.04 Å². The second kappa shape index (κ2) is 6.90. The molecule has 0 unspecified atom stereocenters. The highest BCUT2D eigenvalue weighted by Crippen LogP contribution is 2.29. The number of carbonyl (C=O) groups excluding carboxylic acids is 1. The van der Waals surface area contributed by atoms with Crippen molar-refractivity contribution in [2.24, 2.45) is 11.7 Å². The zero-order chi connectivity index (χ0) is 15.2. The second-order valence-electron chi connectivity index (χ2n) is 5.17. The van der Waals surface area contributed by atoms with Gasteiger partial charge in [0, 0.05) is 0 Å². The standard InChI is InChI=1S/C17H20N2O2/c1-12(2)16(18)17(20)19-14-10-6-7-11-15(14)21-13-8-4-3-5-9-13/h3-12,16H,18H2,1-2H3,(H,19,20)/t16-/m0/s1. The van der Waals surface area contributed by atoms with Gasteiger partial charge in [0.2, 0.25) is 5.91 Å². The Hall–Kier alpha value is -2.33. The first-order valence-electron chi connectivity index (χ1n) is 6.96. The molecule has 4 heteroatoms. The van der Waals surface area contributed by atoms with Crippen LogP contribution in [0.3, 0.4) is 0 Å². The van der Waals surface area contributed by atoms with Crippen molar-refractivity contribution in [3.8, 4) is 11.5 Å². The summed E-state index contributed by atoms with van der Waals surface area (Å²) in [5, 5.41) is 2.82. The predicted molar refractivity (Wildman–Crippen MR) is 84.4 cm³/mol. The van der Waals surface area contributed by atoms with Gasteiger partial charge in [0.15, 0.2) is 5.75 Å². The van der Waals surface area contributed by atoms with Gasteiger partial charge in [0.1, 0.15) is 5.75 Å². The third-order valence-corrected chi connectivity index (χ3v) is 3.14. The first kappa shape index (κ1) is 15.1. The smallest absolute Gasteiger partial charge is 0.241 e. The molecule has 0 fully saturated rings. The Kier molecular flexibility index (Phi) is 4.95. The maximum atomic E-state index is 12.1. The van der Waals surface area contributed by atoms with E-state index in [1.54, 1.807) is 6.07 Å². The van der Waals surface area contributed by atoms with Crippen LogP contribution in [0.5, 0.6) is 11.5 Å². The highest BCUT2D eigenvalue weighted by Gasteiger charge is 2.18. The van der Waals surface area contributed by atoms with Crippen molar-refractivity contribution in [3.05, 3.63) is 54.6 Å². The summed E-state index contributed by atoms with van der Waals surface area (Å²) < 4.78 is 5.80. The average Bonchev–Trinajstić information content (AvgIpc) is 2.49. The van der Waals surface area contributed by atoms with Gasteiger partial charge < -0.3 is 15.8 Å². The van der Waals surface area contributed by atoms with E-state index in [1.807, 2.05) is 62.4 Å². The largest absolute Gasteiger partial charge is 0.455 e. The van der Waals surface area contributed by atoms with Gasteiger partial charge >= 0.3 is 0 Å². The monoisotopic (exact) mass is 284 g/mol. The summed E-state index contributed by atoms with van der Waals surface area (Å²) in [4.78, 5) is 12.1. The molecule has 0 aromatic heterocycles. The summed E-state index contributed by atoms with van der Waals surface area (Å²) in [6.07, 6.45) is 0. The number of ether oxygens (including phenoxy) is 1. The van der Waals surface area contributed by atoms with Gasteiger partial charge in [-0.2, -0.15) is 0 Å². The third-order valence-electron chi connectivity index (χ3n) is 3.14. The predicted octanol–water partition coefficient (Wildman–Crippen LogP) is 3.40. The minimum atomic E-state index is -0.546. The molecular weight excluding hydrogens is 264 g/mol. The summed E-state index contributed by atoms with van der Waals surface area (Å²) in [7, 11) is 0. The van der Waals surface area contributed by atoms with Crippen LogP contribution < -0.4 is 15.8 Å². The van der Waals surface area contributed by atoms with Crippen molar-refractivity contribution in [3.63, 3.8) is 0 Å². The van der Waals surface area contributed by atoms with E-state index in [-0.39, 0.29) is 11.8 Å². The van der Waals surface area contributed by atoms with Crippen LogP contribution in [0.15, 0.2) is 54.6 Å². The number of amides is 1. The molecule has 0 aliphatic rings. The molecule has 0 saturated heterocycles. The van der Waals surface area contributed by atoms with Crippen LogP contribution in [0.4, 0.5) is 5.69 Å². The minimum Gasteiger partial charge on any atom is -0.455 e. The Bertz CT molecular complexity index is 597. The van der Waals surface area contributed by atoms with E-state index in [2.05, 4.69) is 5.32 Å². The van der Waals surface area contributed by atoms with Crippen LogP contribution in [0, 0.1) is 5.92 Å². The lowest BCUT2D eigenvalue weighted by Gasteiger charge is -2.17. The summed E-state index contributed by atoms with van der Waals surface area (Å²) in [5.74, 6) is 1.17. The van der Waals surface area contributed by atoms with E-state index >= 15 is 0 Å². The lowest BCUT2D eigenvalue weighted by molar-refractivity contribution is -0.118. The van der Waals surface area contributed by atoms with Crippen molar-refractivity contribution in [2.75, 3.05) is 5.32 Å². The maximum Gasteiger partial charge on any atom is 0.241 e. The number of benzene rings is 2. The summed E-state index contributed by atoms with van der Waals surface area (Å²) in [6, 6.07) is 16.2. The number of nitrogens with two attached hydrogens (primary N) is 1. The highest BCUT2D eigenvalue weighted by molar-refractivity contribution is 5.96. The van der Waals surface area contributed by atoms with Crippen LogP contribution in [0.2, 0.25) is 0 Å². The fourth-order valence-electron chi connectivity index (χ4n) is 1.79. The van der Waals surface area contributed by atoms with E-state index in [0.29, 0.717) is 17.2 Å². The molecule has 0 aliphatic carbocycles. The number of anilines is 1. The number of nitrogens with one attached hydrogen (secondary N) is 1. The molecular formula is C17H20N2O2. The number of rotatable bonds is 5. The van der Waals surface area contributed by atoms with Crippen LogP contribution in [-0.4, -0.2) is 11.9 Å². The topological polar surface area (TPSA) is 64.4 Å². The zero-order valence-corrected chi connectivity index (χ0v) is 12.2. The molecule has 3 N–H and O–H groups in total. The maximum absolute atomic E-state index is 12.1. The van der Waals surface area contributed by atoms with E-state index in [1.165, 1.54) is 0 Å². The van der Waals surface area contributed by atoms with Crippen molar-refractivity contribution < 1.29 is 9.53 Å². The molecule has 21 heavy (non-hydrogen) atoms. The van der Waals surface area contributed by atoms with Gasteiger partial charge in [0.05, 0.1) is 11.7 Å². The lowest BCUT2D eigenvalue weighted by Crippen LogP contribution is -2.39. The van der Waals surface area contributed by atoms with Crippen molar-refractivity contribution in [1.82, 2.24) is 0 Å². The summed E-state index contributed by atoms with van der Waals surface area (Å²) >= 11 is 0. The molecule has 110 valence electrons. The van der Waals surface area contributed by atoms with Gasteiger partial charge in [-0.25, -0.2) is 0 Å². The minimum absolute atomic E-state index is 0.0761. The van der Waals surface area contributed by atoms with Crippen molar-refractivity contribution in [1.29, 1.82) is 0 Å². The number of para-hydroxylation sites is 3. The molecule has 0 bridgehead atoms. The quantitative estimate of drug-likeness (QED) is 0.884. The number of hydrogen-bond donors (Lipinski definition) is 2. The van der Waals surface area contributed by atoms with Crippen LogP contribution in [-0.2, 0) is 4.79 Å². The Balaban J connectivity index is 2.16. The van der Waals surface area contributed by atoms with Crippen LogP contribution >= 0.6 is 0 Å². The molecule has 2 rings (SSSR count). The molecule has 1 atom stereocenters. The molecule has 2 aromatic rings. The average molecular weight is 284 g/mol.